The van der Waals surface area contributed by atoms with Crippen LogP contribution in [0.3, 0.4) is 0 Å². The molecular weight excluding hydrogens is 308 g/mol. The molecule has 2 unspecified atom stereocenters. The van der Waals surface area contributed by atoms with E-state index in [0.29, 0.717) is 18.0 Å². The van der Waals surface area contributed by atoms with Crippen molar-refractivity contribution >= 4 is 27.6 Å². The van der Waals surface area contributed by atoms with Crippen molar-refractivity contribution in [3.05, 3.63) is 28.2 Å². The predicted octanol–water partition coefficient (Wildman–Crippen LogP) is 2.87. The van der Waals surface area contributed by atoms with Crippen molar-refractivity contribution < 1.29 is 9.90 Å². The van der Waals surface area contributed by atoms with Crippen LogP contribution in [0.4, 0.5) is 5.69 Å². The third-order valence-corrected chi connectivity index (χ3v) is 4.06. The maximum atomic E-state index is 11.2. The Morgan fingerprint density at radius 1 is 1.53 bits per heavy atom. The molecule has 19 heavy (non-hydrogen) atoms. The minimum absolute atomic E-state index is 0.328. The minimum Gasteiger partial charge on any atom is -0.481 e. The van der Waals surface area contributed by atoms with Crippen LogP contribution < -0.4 is 4.90 Å². The second kappa shape index (κ2) is 5.62. The Morgan fingerprint density at radius 3 is 2.84 bits per heavy atom. The van der Waals surface area contributed by atoms with E-state index in [1.807, 2.05) is 6.07 Å². The summed E-state index contributed by atoms with van der Waals surface area (Å²) in [6.45, 7) is 3.43. The van der Waals surface area contributed by atoms with E-state index in [4.69, 9.17) is 5.26 Å². The largest absolute Gasteiger partial charge is 0.481 e. The van der Waals surface area contributed by atoms with Gasteiger partial charge >= 0.3 is 5.97 Å². The van der Waals surface area contributed by atoms with Gasteiger partial charge in [-0.15, -0.1) is 0 Å². The van der Waals surface area contributed by atoms with E-state index < -0.39 is 5.97 Å². The number of piperidine rings is 1. The van der Waals surface area contributed by atoms with Crippen LogP contribution in [0.1, 0.15) is 18.9 Å². The summed E-state index contributed by atoms with van der Waals surface area (Å²) in [5.41, 5.74) is 1.55. The summed E-state index contributed by atoms with van der Waals surface area (Å²) in [4.78, 5) is 13.3. The number of rotatable bonds is 2. The van der Waals surface area contributed by atoms with E-state index >= 15 is 0 Å². The Bertz CT molecular complexity index is 539. The zero-order valence-corrected chi connectivity index (χ0v) is 12.2. The molecule has 5 heteroatoms. The number of carboxylic acid groups (broad SMARTS) is 1. The van der Waals surface area contributed by atoms with Crippen LogP contribution in [-0.4, -0.2) is 24.2 Å². The maximum Gasteiger partial charge on any atom is 0.308 e. The van der Waals surface area contributed by atoms with Crippen molar-refractivity contribution in [2.45, 2.75) is 13.3 Å². The summed E-state index contributed by atoms with van der Waals surface area (Å²) in [5, 5.41) is 18.0. The van der Waals surface area contributed by atoms with E-state index in [0.717, 1.165) is 23.1 Å². The molecule has 2 atom stereocenters. The van der Waals surface area contributed by atoms with Gasteiger partial charge in [0.25, 0.3) is 0 Å². The number of aliphatic carboxylic acids is 1. The van der Waals surface area contributed by atoms with Crippen LogP contribution in [0.25, 0.3) is 0 Å². The Morgan fingerprint density at radius 2 is 2.26 bits per heavy atom. The van der Waals surface area contributed by atoms with Gasteiger partial charge in [-0.05, 0) is 46.5 Å². The monoisotopic (exact) mass is 322 g/mol. The van der Waals surface area contributed by atoms with Gasteiger partial charge in [0.2, 0.25) is 0 Å². The highest BCUT2D eigenvalue weighted by Gasteiger charge is 2.30. The zero-order valence-electron chi connectivity index (χ0n) is 10.6. The molecule has 2 rings (SSSR count). The van der Waals surface area contributed by atoms with Crippen molar-refractivity contribution in [2.24, 2.45) is 11.8 Å². The van der Waals surface area contributed by atoms with E-state index in [2.05, 4.69) is 33.8 Å². The van der Waals surface area contributed by atoms with E-state index in [-0.39, 0.29) is 5.92 Å². The quantitative estimate of drug-likeness (QED) is 0.909. The highest BCUT2D eigenvalue weighted by Crippen LogP contribution is 2.32. The number of nitriles is 1. The van der Waals surface area contributed by atoms with Crippen LogP contribution in [-0.2, 0) is 4.79 Å². The van der Waals surface area contributed by atoms with Crippen LogP contribution in [0.15, 0.2) is 22.7 Å². The van der Waals surface area contributed by atoms with E-state index in [9.17, 15) is 9.90 Å². The molecule has 1 aliphatic heterocycles. The molecule has 1 N–H and O–H groups in total. The molecule has 1 aromatic rings. The Kier molecular flexibility index (Phi) is 4.11. The van der Waals surface area contributed by atoms with Gasteiger partial charge in [0.05, 0.1) is 23.2 Å². The SMILES string of the molecule is CC1CC(C(=O)O)CN(c2ccc(C#N)cc2Br)C1. The number of benzene rings is 1. The molecule has 0 aromatic heterocycles. The molecule has 0 saturated carbocycles. The molecule has 1 saturated heterocycles. The molecule has 0 spiro atoms. The average Bonchev–Trinajstić information content (AvgIpc) is 2.37. The predicted molar refractivity (Wildman–Crippen MR) is 76.0 cm³/mol. The fourth-order valence-electron chi connectivity index (χ4n) is 2.56. The van der Waals surface area contributed by atoms with Crippen molar-refractivity contribution in [3.8, 4) is 6.07 Å². The van der Waals surface area contributed by atoms with Crippen molar-refractivity contribution in [3.63, 3.8) is 0 Å². The van der Waals surface area contributed by atoms with Gasteiger partial charge in [0, 0.05) is 17.6 Å². The van der Waals surface area contributed by atoms with Gasteiger partial charge < -0.3 is 10.0 Å². The summed E-state index contributed by atoms with van der Waals surface area (Å²) in [7, 11) is 0. The van der Waals surface area contributed by atoms with Crippen LogP contribution >= 0.6 is 15.9 Å². The van der Waals surface area contributed by atoms with Crippen LogP contribution in [0.5, 0.6) is 0 Å². The van der Waals surface area contributed by atoms with Crippen LogP contribution in [0, 0.1) is 23.2 Å². The zero-order chi connectivity index (χ0) is 14.0. The minimum atomic E-state index is -0.735. The Labute approximate surface area is 120 Å². The molecule has 0 radical (unpaired) electrons. The number of anilines is 1. The third kappa shape index (κ3) is 3.07. The van der Waals surface area contributed by atoms with Gasteiger partial charge in [-0.3, -0.25) is 4.79 Å². The van der Waals surface area contributed by atoms with E-state index in [1.165, 1.54) is 0 Å². The lowest BCUT2D eigenvalue weighted by atomic mass is 9.90. The highest BCUT2D eigenvalue weighted by atomic mass is 79.9. The molecule has 0 bridgehead atoms. The fraction of sp³-hybridized carbons (Fsp3) is 0.429. The number of hydrogen-bond acceptors (Lipinski definition) is 3. The number of carbonyl (C=O) groups is 1. The molecule has 4 nitrogen and oxygen atoms in total. The maximum absolute atomic E-state index is 11.2. The van der Waals surface area contributed by atoms with Gasteiger partial charge in [-0.25, -0.2) is 0 Å². The Hall–Kier alpha value is -1.54. The molecule has 0 aliphatic carbocycles. The molecule has 100 valence electrons. The van der Waals surface area contributed by atoms with Crippen LogP contribution in [0.2, 0.25) is 0 Å². The van der Waals surface area contributed by atoms with Gasteiger partial charge in [-0.2, -0.15) is 5.26 Å². The first kappa shape index (κ1) is 13.9. The molecule has 1 heterocycles. The van der Waals surface area contributed by atoms with Gasteiger partial charge in [0.15, 0.2) is 0 Å². The second-order valence-corrected chi connectivity index (χ2v) is 5.91. The second-order valence-electron chi connectivity index (χ2n) is 5.06. The molecule has 1 fully saturated rings. The first-order valence-corrected chi connectivity index (χ1v) is 6.98. The summed E-state index contributed by atoms with van der Waals surface area (Å²) in [5.74, 6) is -0.718. The number of halogens is 1. The molecule has 1 aromatic carbocycles. The average molecular weight is 323 g/mol. The summed E-state index contributed by atoms with van der Waals surface area (Å²) < 4.78 is 0.838. The highest BCUT2D eigenvalue weighted by molar-refractivity contribution is 9.10. The first-order chi connectivity index (χ1) is 9.01. The normalized spacial score (nSPS) is 22.9. The number of nitrogens with zero attached hydrogens (tertiary/aromatic N) is 2. The number of carboxylic acids is 1. The van der Waals surface area contributed by atoms with E-state index in [1.54, 1.807) is 12.1 Å². The Balaban J connectivity index is 2.26. The number of hydrogen-bond donors (Lipinski definition) is 1. The third-order valence-electron chi connectivity index (χ3n) is 3.43. The lowest BCUT2D eigenvalue weighted by molar-refractivity contribution is -0.142. The summed E-state index contributed by atoms with van der Waals surface area (Å²) >= 11 is 3.46. The smallest absolute Gasteiger partial charge is 0.308 e. The first-order valence-electron chi connectivity index (χ1n) is 6.18. The molecule has 1 aliphatic rings. The topological polar surface area (TPSA) is 64.3 Å². The van der Waals surface area contributed by atoms with Crippen molar-refractivity contribution in [1.29, 1.82) is 5.26 Å². The lowest BCUT2D eigenvalue weighted by Crippen LogP contribution is -2.42. The van der Waals surface area contributed by atoms with Gasteiger partial charge in [-0.1, -0.05) is 6.92 Å². The summed E-state index contributed by atoms with van der Waals surface area (Å²) in [6, 6.07) is 7.49. The van der Waals surface area contributed by atoms with Gasteiger partial charge in [0.1, 0.15) is 0 Å². The van der Waals surface area contributed by atoms with Crippen molar-refractivity contribution in [1.82, 2.24) is 0 Å². The molecule has 0 amide bonds. The lowest BCUT2D eigenvalue weighted by Gasteiger charge is -2.36. The fourth-order valence-corrected chi connectivity index (χ4v) is 3.19. The standard InChI is InChI=1S/C14H15BrN2O2/c1-9-4-11(14(18)19)8-17(7-9)13-3-2-10(6-16)5-12(13)15/h2-3,5,9,11H,4,7-8H2,1H3,(H,18,19). The molecular formula is C14H15BrN2O2. The summed E-state index contributed by atoms with van der Waals surface area (Å²) in [6.07, 6.45) is 0.722. The van der Waals surface area contributed by atoms with Crippen molar-refractivity contribution in [2.75, 3.05) is 18.0 Å².